The van der Waals surface area contributed by atoms with Gasteiger partial charge in [0.25, 0.3) is 0 Å². The van der Waals surface area contributed by atoms with E-state index in [2.05, 4.69) is 54.6 Å². The maximum absolute atomic E-state index is 2.20. The van der Waals surface area contributed by atoms with E-state index >= 15 is 0 Å². The second-order valence-electron chi connectivity index (χ2n) is 3.18. The van der Waals surface area contributed by atoms with Gasteiger partial charge in [0.2, 0.25) is 0 Å². The van der Waals surface area contributed by atoms with Gasteiger partial charge in [0, 0.05) is 0 Å². The standard InChI is InChI=1S/C12H9.Na/c1-3-7-11(8-4-1)12-9-5-2-6-10-12;/h1-9H;. The summed E-state index contributed by atoms with van der Waals surface area (Å²) in [6.45, 7) is 0. The normalized spacial score (nSPS) is 10.0. The Morgan fingerprint density at radius 3 is 2.00 bits per heavy atom. The van der Waals surface area contributed by atoms with Gasteiger partial charge in [-0.25, -0.2) is 0 Å². The van der Waals surface area contributed by atoms with Crippen molar-refractivity contribution in [2.45, 2.75) is 0 Å². The Labute approximate surface area is 96.0 Å². The molecule has 0 unspecified atom stereocenters. The van der Waals surface area contributed by atoms with Crippen molar-refractivity contribution in [3.8, 4) is 11.1 Å². The van der Waals surface area contributed by atoms with Gasteiger partial charge in [0.1, 0.15) is 0 Å². The fourth-order valence-corrected chi connectivity index (χ4v) is 2.16. The minimum atomic E-state index is 1.11. The monoisotopic (exact) mass is 176 g/mol. The molecule has 13 heavy (non-hydrogen) atoms. The molecule has 2 rings (SSSR count). The molecule has 0 N–H and O–H groups in total. The molecule has 0 atom stereocenters. The van der Waals surface area contributed by atoms with Crippen LogP contribution in [0.4, 0.5) is 0 Å². The first-order chi connectivity index (χ1) is 6.38. The molecule has 0 aliphatic rings. The van der Waals surface area contributed by atoms with Crippen LogP contribution in [0.25, 0.3) is 11.1 Å². The van der Waals surface area contributed by atoms with Crippen molar-refractivity contribution in [3.05, 3.63) is 54.6 Å². The molecule has 2 aromatic carbocycles. The average Bonchev–Trinajstić information content (AvgIpc) is 2.20. The minimum absolute atomic E-state index is 1.11. The van der Waals surface area contributed by atoms with Crippen molar-refractivity contribution < 1.29 is 0 Å². The molecule has 0 nitrogen and oxygen atoms in total. The Balaban J connectivity index is 2.54. The second-order valence-corrected chi connectivity index (χ2v) is 4.26. The van der Waals surface area contributed by atoms with Crippen molar-refractivity contribution in [2.75, 3.05) is 0 Å². The van der Waals surface area contributed by atoms with Crippen LogP contribution in [0.3, 0.4) is 0 Å². The van der Waals surface area contributed by atoms with Gasteiger partial charge in [-0.15, -0.1) is 0 Å². The molecular weight excluding hydrogens is 167 g/mol. The van der Waals surface area contributed by atoms with E-state index in [1.807, 2.05) is 0 Å². The van der Waals surface area contributed by atoms with Gasteiger partial charge < -0.3 is 0 Å². The van der Waals surface area contributed by atoms with Gasteiger partial charge in [-0.3, -0.25) is 0 Å². The molecule has 0 fully saturated rings. The van der Waals surface area contributed by atoms with E-state index in [9.17, 15) is 0 Å². The van der Waals surface area contributed by atoms with E-state index in [4.69, 9.17) is 0 Å². The fraction of sp³-hybridized carbons (Fsp3) is 0. The summed E-state index contributed by atoms with van der Waals surface area (Å²) in [6.07, 6.45) is 0. The molecule has 0 bridgehead atoms. The molecule has 58 valence electrons. The van der Waals surface area contributed by atoms with Crippen LogP contribution < -0.4 is 2.81 Å². The third-order valence-corrected chi connectivity index (χ3v) is 3.10. The van der Waals surface area contributed by atoms with Crippen molar-refractivity contribution in [1.29, 1.82) is 0 Å². The van der Waals surface area contributed by atoms with Crippen LogP contribution in [-0.2, 0) is 0 Å². The Morgan fingerprint density at radius 1 is 0.692 bits per heavy atom. The summed E-state index contributed by atoms with van der Waals surface area (Å²) in [5.41, 5.74) is 2.71. The SMILES string of the molecule is [Na][c]1ccccc1-c1ccccc1. The zero-order chi connectivity index (χ0) is 9.10. The van der Waals surface area contributed by atoms with Gasteiger partial charge in [0.15, 0.2) is 0 Å². The predicted octanol–water partition coefficient (Wildman–Crippen LogP) is 2.15. The zero-order valence-corrected chi connectivity index (χ0v) is 9.70. The Bertz CT molecular complexity index is 393. The van der Waals surface area contributed by atoms with E-state index in [1.54, 1.807) is 0 Å². The summed E-state index contributed by atoms with van der Waals surface area (Å²) < 4.78 is 1.47. The molecular formula is C12H9Na. The fourth-order valence-electron chi connectivity index (χ4n) is 1.51. The molecule has 0 heterocycles. The topological polar surface area (TPSA) is 0 Å². The van der Waals surface area contributed by atoms with Gasteiger partial charge in [-0.05, 0) is 0 Å². The number of rotatable bonds is 1. The van der Waals surface area contributed by atoms with E-state index < -0.39 is 0 Å². The molecule has 0 spiro atoms. The molecule has 2 aromatic rings. The first-order valence-electron chi connectivity index (χ1n) is 4.49. The summed E-state index contributed by atoms with van der Waals surface area (Å²) in [4.78, 5) is 0. The molecule has 0 saturated heterocycles. The predicted molar refractivity (Wildman–Crippen MR) is 57.3 cm³/mol. The van der Waals surface area contributed by atoms with Crippen LogP contribution in [-0.4, -0.2) is 27.9 Å². The molecule has 1 heteroatoms. The summed E-state index contributed by atoms with van der Waals surface area (Å²) in [7, 11) is 0. The summed E-state index contributed by atoms with van der Waals surface area (Å²) >= 11 is 1.11. The van der Waals surface area contributed by atoms with Crippen LogP contribution in [0.5, 0.6) is 0 Å². The van der Waals surface area contributed by atoms with E-state index in [-0.39, 0.29) is 0 Å². The van der Waals surface area contributed by atoms with Gasteiger partial charge in [0.05, 0.1) is 0 Å². The third kappa shape index (κ3) is 2.02. The first kappa shape index (κ1) is 9.01. The van der Waals surface area contributed by atoms with Crippen LogP contribution in [0.1, 0.15) is 0 Å². The molecule has 0 amide bonds. The molecule has 0 aliphatic carbocycles. The number of benzene rings is 2. The Hall–Kier alpha value is -0.560. The zero-order valence-electron chi connectivity index (χ0n) is 7.70. The van der Waals surface area contributed by atoms with Crippen LogP contribution in [0.2, 0.25) is 0 Å². The van der Waals surface area contributed by atoms with E-state index in [1.165, 1.54) is 13.9 Å². The molecule has 0 aliphatic heterocycles. The van der Waals surface area contributed by atoms with Gasteiger partial charge in [-0.1, -0.05) is 0 Å². The summed E-state index contributed by atoms with van der Waals surface area (Å²) in [5, 5.41) is 0. The summed E-state index contributed by atoms with van der Waals surface area (Å²) in [6, 6.07) is 19.2. The van der Waals surface area contributed by atoms with Crippen LogP contribution in [0.15, 0.2) is 54.6 Å². The van der Waals surface area contributed by atoms with Crippen LogP contribution >= 0.6 is 0 Å². The van der Waals surface area contributed by atoms with Crippen molar-refractivity contribution in [1.82, 2.24) is 0 Å². The quantitative estimate of drug-likeness (QED) is 0.584. The van der Waals surface area contributed by atoms with E-state index in [0.717, 1.165) is 27.9 Å². The number of hydrogen-bond acceptors (Lipinski definition) is 0. The van der Waals surface area contributed by atoms with Gasteiger partial charge >= 0.3 is 96.5 Å². The second kappa shape index (κ2) is 4.10. The summed E-state index contributed by atoms with van der Waals surface area (Å²) in [5.74, 6) is 0. The molecule has 0 radical (unpaired) electrons. The average molecular weight is 176 g/mol. The Kier molecular flexibility index (Phi) is 2.84. The Morgan fingerprint density at radius 2 is 1.31 bits per heavy atom. The third-order valence-electron chi connectivity index (χ3n) is 2.23. The first-order valence-corrected chi connectivity index (χ1v) is 5.49. The van der Waals surface area contributed by atoms with Crippen molar-refractivity contribution in [2.24, 2.45) is 0 Å². The maximum atomic E-state index is 2.20. The number of hydrogen-bond donors (Lipinski definition) is 0. The van der Waals surface area contributed by atoms with Gasteiger partial charge in [-0.2, -0.15) is 0 Å². The van der Waals surface area contributed by atoms with Crippen LogP contribution in [0, 0.1) is 0 Å². The molecule has 0 aromatic heterocycles. The van der Waals surface area contributed by atoms with Crippen molar-refractivity contribution >= 4 is 30.7 Å². The van der Waals surface area contributed by atoms with E-state index in [0.29, 0.717) is 0 Å². The van der Waals surface area contributed by atoms with Crippen molar-refractivity contribution in [3.63, 3.8) is 0 Å². The molecule has 0 saturated carbocycles.